The molecular formula is C59H78N6O13. The van der Waals surface area contributed by atoms with Gasteiger partial charge in [0.25, 0.3) is 17.7 Å². The Balaban J connectivity index is 1.31. The van der Waals surface area contributed by atoms with Gasteiger partial charge in [0.15, 0.2) is 0 Å². The number of benzene rings is 4. The second-order valence-electron chi connectivity index (χ2n) is 18.9. The average Bonchev–Trinajstić information content (AvgIpc) is 3.44. The Morgan fingerprint density at radius 3 is 1.37 bits per heavy atom. The normalized spacial score (nSPS) is 11.0. The largest absolute Gasteiger partial charge is 0.497 e. The minimum Gasteiger partial charge on any atom is -0.497 e. The Morgan fingerprint density at radius 1 is 0.436 bits per heavy atom. The van der Waals surface area contributed by atoms with E-state index < -0.39 is 17.4 Å². The molecule has 422 valence electrons. The zero-order valence-electron chi connectivity index (χ0n) is 45.4. The van der Waals surface area contributed by atoms with Gasteiger partial charge in [-0.05, 0) is 100 Å². The summed E-state index contributed by atoms with van der Waals surface area (Å²) in [7, 11) is 1.55. The van der Waals surface area contributed by atoms with Gasteiger partial charge < -0.3 is 55.6 Å². The van der Waals surface area contributed by atoms with Crippen molar-refractivity contribution < 1.29 is 62.0 Å². The standard InChI is InChI=1S/C59H78N6O13/c1-44-17-21-47(22-18-44)56(71)63-35-10-33-60-52(67)30-38-76-42-59(65-54(69)15-9-16-55(70)78-40-46-12-5-4-6-13-46,43-77-39-31-53(68)61-34-11-36-64-57(72)48-23-19-45(2)20-24-48)41-75-37-29-50(66)14-7-8-32-62-58(73)49-25-27-51(74-3)28-26-49/h4-6,12-13,17-28H,7-11,14-16,29-43H2,1-3H3,(H,60,67)(H,61,68)(H,62,73)(H,63,71)(H,64,72)(H,65,69). The molecule has 0 aromatic heterocycles. The van der Waals surface area contributed by atoms with E-state index in [1.807, 2.05) is 68.4 Å². The predicted octanol–water partition coefficient (Wildman–Crippen LogP) is 5.64. The highest BCUT2D eigenvalue weighted by atomic mass is 16.5. The Bertz CT molecular complexity index is 2380. The summed E-state index contributed by atoms with van der Waals surface area (Å²) in [6.07, 6.45) is 2.48. The third-order valence-corrected chi connectivity index (χ3v) is 12.1. The summed E-state index contributed by atoms with van der Waals surface area (Å²) in [4.78, 5) is 102. The number of hydrogen-bond acceptors (Lipinski definition) is 13. The van der Waals surface area contributed by atoms with E-state index in [0.29, 0.717) is 80.8 Å². The van der Waals surface area contributed by atoms with E-state index in [2.05, 4.69) is 31.9 Å². The number of rotatable bonds is 39. The number of ether oxygens (including phenoxy) is 5. The number of Topliss-reactive ketones (excluding diaryl/α,β-unsaturated/α-hetero) is 1. The molecule has 0 aliphatic carbocycles. The lowest BCUT2D eigenvalue weighted by Crippen LogP contribution is -2.58. The number of ketones is 1. The van der Waals surface area contributed by atoms with Gasteiger partial charge in [-0.2, -0.15) is 0 Å². The van der Waals surface area contributed by atoms with E-state index in [-0.39, 0.29) is 127 Å². The molecule has 0 atom stereocenters. The first-order chi connectivity index (χ1) is 37.7. The van der Waals surface area contributed by atoms with E-state index in [0.717, 1.165) is 16.7 Å². The molecule has 6 amide bonds. The third kappa shape index (κ3) is 26.5. The Labute approximate surface area is 458 Å². The Morgan fingerprint density at radius 2 is 0.885 bits per heavy atom. The summed E-state index contributed by atoms with van der Waals surface area (Å²) < 4.78 is 28.7. The van der Waals surface area contributed by atoms with Gasteiger partial charge in [0.1, 0.15) is 23.7 Å². The SMILES string of the molecule is COc1ccc(C(=O)NCCCCC(=O)CCOCC(COCCC(=O)NCCCNC(=O)c2ccc(C)cc2)(COCCC(=O)NCCCNC(=O)c2ccc(C)cc2)NC(=O)CCCC(=O)OCc2ccccc2)cc1. The molecule has 0 unspecified atom stereocenters. The molecule has 0 aliphatic heterocycles. The number of carbonyl (C=O) groups excluding carboxylic acids is 8. The molecule has 0 saturated heterocycles. The highest BCUT2D eigenvalue weighted by Gasteiger charge is 2.34. The predicted molar refractivity (Wildman–Crippen MR) is 294 cm³/mol. The van der Waals surface area contributed by atoms with Crippen LogP contribution in [0.3, 0.4) is 0 Å². The second-order valence-corrected chi connectivity index (χ2v) is 18.9. The molecule has 6 N–H and O–H groups in total. The van der Waals surface area contributed by atoms with Crippen LogP contribution in [-0.2, 0) is 49.5 Å². The number of carbonyl (C=O) groups is 8. The molecule has 0 heterocycles. The van der Waals surface area contributed by atoms with Crippen LogP contribution in [0.5, 0.6) is 5.75 Å². The van der Waals surface area contributed by atoms with Crippen LogP contribution in [0.1, 0.15) is 118 Å². The first-order valence-corrected chi connectivity index (χ1v) is 26.6. The lowest BCUT2D eigenvalue weighted by molar-refractivity contribution is -0.145. The Hall–Kier alpha value is -7.48. The van der Waals surface area contributed by atoms with Crippen molar-refractivity contribution in [3.63, 3.8) is 0 Å². The van der Waals surface area contributed by atoms with Crippen LogP contribution in [0.25, 0.3) is 0 Å². The maximum atomic E-state index is 13.7. The van der Waals surface area contributed by atoms with E-state index in [1.54, 1.807) is 55.6 Å². The first kappa shape index (κ1) is 63.1. The molecule has 4 rings (SSSR count). The van der Waals surface area contributed by atoms with Crippen LogP contribution in [0, 0.1) is 13.8 Å². The lowest BCUT2D eigenvalue weighted by Gasteiger charge is -2.34. The van der Waals surface area contributed by atoms with Crippen molar-refractivity contribution in [2.24, 2.45) is 0 Å². The van der Waals surface area contributed by atoms with Crippen molar-refractivity contribution in [1.82, 2.24) is 31.9 Å². The van der Waals surface area contributed by atoms with E-state index >= 15 is 0 Å². The molecule has 19 nitrogen and oxygen atoms in total. The topological polar surface area (TPSA) is 255 Å². The van der Waals surface area contributed by atoms with Crippen LogP contribution in [-0.4, -0.2) is 132 Å². The average molecular weight is 1080 g/mol. The molecule has 0 bridgehead atoms. The molecule has 4 aromatic carbocycles. The highest BCUT2D eigenvalue weighted by Crippen LogP contribution is 2.14. The van der Waals surface area contributed by atoms with Gasteiger partial charge in [-0.3, -0.25) is 38.4 Å². The quantitative estimate of drug-likeness (QED) is 0.0234. The van der Waals surface area contributed by atoms with Crippen molar-refractivity contribution in [2.75, 3.05) is 79.5 Å². The third-order valence-electron chi connectivity index (χ3n) is 12.1. The number of nitrogens with one attached hydrogen (secondary N) is 6. The smallest absolute Gasteiger partial charge is 0.306 e. The van der Waals surface area contributed by atoms with Gasteiger partial charge in [-0.15, -0.1) is 0 Å². The molecular weight excluding hydrogens is 1000 g/mol. The number of esters is 1. The molecule has 78 heavy (non-hydrogen) atoms. The fourth-order valence-corrected chi connectivity index (χ4v) is 7.56. The van der Waals surface area contributed by atoms with Crippen LogP contribution in [0.15, 0.2) is 103 Å². The molecule has 0 radical (unpaired) electrons. The maximum Gasteiger partial charge on any atom is 0.306 e. The van der Waals surface area contributed by atoms with Crippen molar-refractivity contribution in [1.29, 1.82) is 0 Å². The maximum absolute atomic E-state index is 13.7. The monoisotopic (exact) mass is 1080 g/mol. The lowest BCUT2D eigenvalue weighted by atomic mass is 10.0. The number of amides is 6. The van der Waals surface area contributed by atoms with Gasteiger partial charge in [0.2, 0.25) is 17.7 Å². The molecule has 19 heteroatoms. The van der Waals surface area contributed by atoms with Gasteiger partial charge in [0, 0.05) is 87.9 Å². The fourth-order valence-electron chi connectivity index (χ4n) is 7.56. The Kier molecular flexibility index (Phi) is 29.5. The number of unbranched alkanes of at least 4 members (excludes halogenated alkanes) is 1. The van der Waals surface area contributed by atoms with Gasteiger partial charge >= 0.3 is 5.97 Å². The summed E-state index contributed by atoms with van der Waals surface area (Å²) in [5, 5.41) is 17.2. The second kappa shape index (κ2) is 36.5. The van der Waals surface area contributed by atoms with Gasteiger partial charge in [-0.1, -0.05) is 65.7 Å². The summed E-state index contributed by atoms with van der Waals surface area (Å²) >= 11 is 0. The summed E-state index contributed by atoms with van der Waals surface area (Å²) in [6, 6.07) is 30.4. The van der Waals surface area contributed by atoms with Crippen molar-refractivity contribution in [3.05, 3.63) is 137 Å². The van der Waals surface area contributed by atoms with Crippen molar-refractivity contribution in [2.45, 2.75) is 96.6 Å². The minimum absolute atomic E-state index is 0.000324. The van der Waals surface area contributed by atoms with Gasteiger partial charge in [-0.25, -0.2) is 0 Å². The van der Waals surface area contributed by atoms with Crippen LogP contribution in [0.4, 0.5) is 0 Å². The number of methoxy groups -OCH3 is 1. The molecule has 4 aromatic rings. The van der Waals surface area contributed by atoms with Crippen LogP contribution in [0.2, 0.25) is 0 Å². The fraction of sp³-hybridized carbons (Fsp3) is 0.458. The van der Waals surface area contributed by atoms with Crippen LogP contribution >= 0.6 is 0 Å². The minimum atomic E-state index is -1.37. The number of hydrogen-bond donors (Lipinski definition) is 6. The molecule has 0 aliphatic rings. The molecule has 0 saturated carbocycles. The van der Waals surface area contributed by atoms with E-state index in [4.69, 9.17) is 23.7 Å². The molecule has 0 spiro atoms. The van der Waals surface area contributed by atoms with E-state index in [9.17, 15) is 38.4 Å². The summed E-state index contributed by atoms with van der Waals surface area (Å²) in [5.74, 6) is -1.55. The highest BCUT2D eigenvalue weighted by molar-refractivity contribution is 5.95. The zero-order chi connectivity index (χ0) is 56.2. The van der Waals surface area contributed by atoms with Crippen LogP contribution < -0.4 is 36.6 Å². The summed E-state index contributed by atoms with van der Waals surface area (Å²) in [6.45, 7) is 5.05. The van der Waals surface area contributed by atoms with Gasteiger partial charge in [0.05, 0.1) is 46.8 Å². The number of aryl methyl sites for hydroxylation is 2. The zero-order valence-corrected chi connectivity index (χ0v) is 45.4. The van der Waals surface area contributed by atoms with E-state index in [1.165, 1.54) is 0 Å². The first-order valence-electron chi connectivity index (χ1n) is 26.6. The van der Waals surface area contributed by atoms with Crippen molar-refractivity contribution in [3.8, 4) is 5.75 Å². The summed E-state index contributed by atoms with van der Waals surface area (Å²) in [5.41, 5.74) is 3.14. The molecule has 0 fully saturated rings. The van der Waals surface area contributed by atoms with Crippen molar-refractivity contribution >= 4 is 47.2 Å².